The molecule has 2 rings (SSSR count). The van der Waals surface area contributed by atoms with E-state index in [1.165, 1.54) is 16.7 Å². The predicted octanol–water partition coefficient (Wildman–Crippen LogP) is -0.162. The molecule has 2 heterocycles. The van der Waals surface area contributed by atoms with Gasteiger partial charge in [0, 0.05) is 39.5 Å². The van der Waals surface area contributed by atoms with E-state index in [4.69, 9.17) is 5.11 Å². The summed E-state index contributed by atoms with van der Waals surface area (Å²) < 4.78 is 28.0. The average molecular weight is 316 g/mol. The highest BCUT2D eigenvalue weighted by Gasteiger charge is 2.28. The van der Waals surface area contributed by atoms with E-state index in [0.717, 1.165) is 19.5 Å². The van der Waals surface area contributed by atoms with Crippen LogP contribution in [0.3, 0.4) is 0 Å². The molecule has 1 aromatic rings. The molecular weight excluding hydrogens is 292 g/mol. The first-order chi connectivity index (χ1) is 9.93. The number of nitrogens with zero attached hydrogens (tertiary/aromatic N) is 4. The second-order valence-electron chi connectivity index (χ2n) is 5.72. The normalized spacial score (nSPS) is 20.5. The summed E-state index contributed by atoms with van der Waals surface area (Å²) in [5.74, 6) is 0.388. The van der Waals surface area contributed by atoms with Crippen LogP contribution in [0.2, 0.25) is 0 Å². The van der Waals surface area contributed by atoms with E-state index >= 15 is 0 Å². The minimum absolute atomic E-state index is 0.0665. The summed E-state index contributed by atoms with van der Waals surface area (Å²) in [7, 11) is 0.200. The number of aryl methyl sites for hydroxylation is 1. The van der Waals surface area contributed by atoms with Gasteiger partial charge in [-0.3, -0.25) is 4.68 Å². The topological polar surface area (TPSA) is 78.7 Å². The molecule has 8 heteroatoms. The smallest absolute Gasteiger partial charge is 0.245 e. The van der Waals surface area contributed by atoms with Crippen LogP contribution in [0.25, 0.3) is 0 Å². The van der Waals surface area contributed by atoms with Crippen molar-refractivity contribution in [2.24, 2.45) is 5.92 Å². The molecule has 1 aromatic heterocycles. The summed E-state index contributed by atoms with van der Waals surface area (Å²) >= 11 is 0. The Morgan fingerprint density at radius 1 is 1.52 bits per heavy atom. The molecule has 1 unspecified atom stereocenters. The van der Waals surface area contributed by atoms with E-state index < -0.39 is 10.0 Å². The van der Waals surface area contributed by atoms with E-state index in [2.05, 4.69) is 17.0 Å². The largest absolute Gasteiger partial charge is 0.396 e. The highest BCUT2D eigenvalue weighted by molar-refractivity contribution is 7.89. The highest BCUT2D eigenvalue weighted by atomic mass is 32.2. The van der Waals surface area contributed by atoms with Crippen LogP contribution in [-0.2, 0) is 16.6 Å². The molecule has 0 spiro atoms. The predicted molar refractivity (Wildman–Crippen MR) is 79.3 cm³/mol. The quantitative estimate of drug-likeness (QED) is 0.756. The molecule has 7 nitrogen and oxygen atoms in total. The van der Waals surface area contributed by atoms with Crippen LogP contribution in [0.15, 0.2) is 17.3 Å². The molecule has 0 radical (unpaired) electrons. The molecule has 1 aliphatic heterocycles. The molecule has 1 saturated heterocycles. The lowest BCUT2D eigenvalue weighted by atomic mass is 10.1. The Balaban J connectivity index is 2.01. The number of aromatic nitrogens is 2. The fraction of sp³-hybridized carbons (Fsp3) is 0.769. The number of likely N-dealkylation sites (tertiary alicyclic amines) is 1. The van der Waals surface area contributed by atoms with Crippen molar-refractivity contribution in [3.05, 3.63) is 12.4 Å². The van der Waals surface area contributed by atoms with E-state index in [9.17, 15) is 8.42 Å². The van der Waals surface area contributed by atoms with Gasteiger partial charge < -0.3 is 10.0 Å². The molecule has 21 heavy (non-hydrogen) atoms. The fourth-order valence-electron chi connectivity index (χ4n) is 2.65. The van der Waals surface area contributed by atoms with Crippen LogP contribution in [0, 0.1) is 5.92 Å². The maximum atomic E-state index is 12.5. The van der Waals surface area contributed by atoms with Crippen molar-refractivity contribution < 1.29 is 13.5 Å². The van der Waals surface area contributed by atoms with Gasteiger partial charge in [0.15, 0.2) is 0 Å². The van der Waals surface area contributed by atoms with Crippen molar-refractivity contribution in [3.63, 3.8) is 0 Å². The lowest BCUT2D eigenvalue weighted by molar-refractivity contribution is 0.277. The first-order valence-corrected chi connectivity index (χ1v) is 8.65. The Labute approximate surface area is 126 Å². The Morgan fingerprint density at radius 2 is 2.29 bits per heavy atom. The molecule has 1 atom stereocenters. The highest BCUT2D eigenvalue weighted by Crippen LogP contribution is 2.19. The molecule has 0 aliphatic carbocycles. The second kappa shape index (κ2) is 6.87. The van der Waals surface area contributed by atoms with Gasteiger partial charge in [0.05, 0.1) is 6.20 Å². The maximum absolute atomic E-state index is 12.5. The third-order valence-corrected chi connectivity index (χ3v) is 5.64. The average Bonchev–Trinajstić information content (AvgIpc) is 3.06. The maximum Gasteiger partial charge on any atom is 0.245 e. The van der Waals surface area contributed by atoms with Crippen molar-refractivity contribution >= 4 is 10.0 Å². The Kier molecular flexibility index (Phi) is 5.37. The molecule has 1 N–H and O–H groups in total. The van der Waals surface area contributed by atoms with E-state index in [1.54, 1.807) is 11.7 Å². The summed E-state index contributed by atoms with van der Waals surface area (Å²) in [6, 6.07) is 0. The van der Waals surface area contributed by atoms with E-state index in [0.29, 0.717) is 25.4 Å². The summed E-state index contributed by atoms with van der Waals surface area (Å²) in [4.78, 5) is 2.44. The number of aliphatic hydroxyl groups excluding tert-OH is 1. The molecule has 0 saturated carbocycles. The minimum Gasteiger partial charge on any atom is -0.396 e. The number of rotatable bonds is 7. The summed E-state index contributed by atoms with van der Waals surface area (Å²) in [5, 5.41) is 12.8. The van der Waals surface area contributed by atoms with Crippen LogP contribution in [0.1, 0.15) is 12.8 Å². The third-order valence-electron chi connectivity index (χ3n) is 3.87. The van der Waals surface area contributed by atoms with Gasteiger partial charge >= 0.3 is 0 Å². The van der Waals surface area contributed by atoms with Crippen LogP contribution in [0.4, 0.5) is 0 Å². The van der Waals surface area contributed by atoms with Crippen molar-refractivity contribution in [1.82, 2.24) is 19.0 Å². The van der Waals surface area contributed by atoms with Crippen molar-refractivity contribution in [1.29, 1.82) is 0 Å². The molecular formula is C13H24N4O3S. The van der Waals surface area contributed by atoms with Crippen LogP contribution in [-0.4, -0.2) is 72.8 Å². The summed E-state index contributed by atoms with van der Waals surface area (Å²) in [6.45, 7) is 3.09. The van der Waals surface area contributed by atoms with Gasteiger partial charge in [-0.1, -0.05) is 0 Å². The van der Waals surface area contributed by atoms with Gasteiger partial charge in [-0.05, 0) is 32.4 Å². The number of sulfonamides is 1. The van der Waals surface area contributed by atoms with Crippen molar-refractivity contribution in [2.75, 3.05) is 40.3 Å². The number of hydrogen-bond donors (Lipinski definition) is 1. The molecule has 0 bridgehead atoms. The van der Waals surface area contributed by atoms with Gasteiger partial charge in [0.2, 0.25) is 10.0 Å². The zero-order valence-corrected chi connectivity index (χ0v) is 13.5. The Hall–Kier alpha value is -0.960. The van der Waals surface area contributed by atoms with Gasteiger partial charge in [0.25, 0.3) is 0 Å². The summed E-state index contributed by atoms with van der Waals surface area (Å²) in [5.41, 5.74) is 0. The fourth-order valence-corrected chi connectivity index (χ4v) is 3.85. The van der Waals surface area contributed by atoms with Crippen molar-refractivity contribution in [2.45, 2.75) is 24.3 Å². The molecule has 1 aliphatic rings. The first-order valence-electron chi connectivity index (χ1n) is 7.21. The SMILES string of the molecule is CN1CCC(CN(C)S(=O)(=O)c2cnn(CCCO)c2)C1. The van der Waals surface area contributed by atoms with Gasteiger partial charge in [-0.25, -0.2) is 12.7 Å². The van der Waals surface area contributed by atoms with Gasteiger partial charge in [0.1, 0.15) is 4.90 Å². The number of aliphatic hydroxyl groups is 1. The zero-order chi connectivity index (χ0) is 15.5. The van der Waals surface area contributed by atoms with E-state index in [1.807, 2.05) is 0 Å². The Morgan fingerprint density at radius 3 is 2.90 bits per heavy atom. The standard InChI is InChI=1S/C13H24N4O3S/c1-15-6-4-12(9-15)10-16(2)21(19,20)13-8-14-17(11-13)5-3-7-18/h8,11-12,18H,3-7,9-10H2,1-2H3. The van der Waals surface area contributed by atoms with Crippen LogP contribution >= 0.6 is 0 Å². The molecule has 0 aromatic carbocycles. The molecule has 120 valence electrons. The number of hydrogen-bond acceptors (Lipinski definition) is 5. The third kappa shape index (κ3) is 4.03. The monoisotopic (exact) mass is 316 g/mol. The van der Waals surface area contributed by atoms with Crippen molar-refractivity contribution in [3.8, 4) is 0 Å². The van der Waals surface area contributed by atoms with Crippen LogP contribution in [0.5, 0.6) is 0 Å². The lowest BCUT2D eigenvalue weighted by Gasteiger charge is -2.20. The minimum atomic E-state index is -3.48. The second-order valence-corrected chi connectivity index (χ2v) is 7.76. The lowest BCUT2D eigenvalue weighted by Crippen LogP contribution is -2.32. The Bertz CT molecular complexity index is 558. The molecule has 0 amide bonds. The first kappa shape index (κ1) is 16.4. The van der Waals surface area contributed by atoms with E-state index in [-0.39, 0.29) is 11.5 Å². The summed E-state index contributed by atoms with van der Waals surface area (Å²) in [6.07, 6.45) is 4.50. The van der Waals surface area contributed by atoms with Gasteiger partial charge in [-0.2, -0.15) is 5.10 Å². The van der Waals surface area contributed by atoms with Gasteiger partial charge in [-0.15, -0.1) is 0 Å². The zero-order valence-electron chi connectivity index (χ0n) is 12.6. The molecule has 1 fully saturated rings. The van der Waals surface area contributed by atoms with Crippen LogP contribution < -0.4 is 0 Å².